The fourth-order valence-corrected chi connectivity index (χ4v) is 9.79. The first-order valence-corrected chi connectivity index (χ1v) is 33.3. The van der Waals surface area contributed by atoms with Crippen molar-refractivity contribution in [2.75, 3.05) is 13.2 Å². The average Bonchev–Trinajstić information content (AvgIpc) is 3.42. The average molecular weight is 1060 g/mol. The van der Waals surface area contributed by atoms with Gasteiger partial charge in [0.05, 0.1) is 0 Å². The molecule has 1 atom stereocenters. The molecule has 0 amide bonds. The van der Waals surface area contributed by atoms with Crippen molar-refractivity contribution in [3.63, 3.8) is 0 Å². The lowest BCUT2D eigenvalue weighted by Crippen LogP contribution is -2.30. The van der Waals surface area contributed by atoms with E-state index < -0.39 is 6.10 Å². The van der Waals surface area contributed by atoms with Crippen molar-refractivity contribution in [2.24, 2.45) is 0 Å². The van der Waals surface area contributed by atoms with E-state index in [4.69, 9.17) is 14.2 Å². The van der Waals surface area contributed by atoms with Crippen LogP contribution in [-0.4, -0.2) is 37.2 Å². The number of carbonyl (C=O) groups is 3. The Hall–Kier alpha value is -2.89. The van der Waals surface area contributed by atoms with Gasteiger partial charge in [0.1, 0.15) is 13.2 Å². The molecular weight excluding hydrogens is 937 g/mol. The zero-order chi connectivity index (χ0) is 55.0. The number of hydrogen-bond acceptors (Lipinski definition) is 6. The van der Waals surface area contributed by atoms with Gasteiger partial charge < -0.3 is 14.2 Å². The second-order valence-corrected chi connectivity index (χ2v) is 22.4. The lowest BCUT2D eigenvalue weighted by Gasteiger charge is -2.18. The molecule has 0 N–H and O–H groups in total. The van der Waals surface area contributed by atoms with Gasteiger partial charge in [-0.1, -0.05) is 306 Å². The zero-order valence-corrected chi connectivity index (χ0v) is 50.8. The molecule has 0 aromatic rings. The number of hydrogen-bond donors (Lipinski definition) is 0. The normalized spacial score (nSPS) is 12.4. The minimum Gasteiger partial charge on any atom is -0.462 e. The fraction of sp³-hybridized carbons (Fsp3) is 0.814. The number of carbonyl (C=O) groups excluding carboxylic acids is 3. The van der Waals surface area contributed by atoms with Crippen LogP contribution in [0.4, 0.5) is 0 Å². The van der Waals surface area contributed by atoms with Crippen molar-refractivity contribution in [3.05, 3.63) is 60.8 Å². The molecule has 0 aliphatic heterocycles. The number of allylic oxidation sites excluding steroid dienone is 10. The van der Waals surface area contributed by atoms with Gasteiger partial charge in [-0.25, -0.2) is 0 Å². The van der Waals surface area contributed by atoms with Gasteiger partial charge >= 0.3 is 17.9 Å². The van der Waals surface area contributed by atoms with Gasteiger partial charge in [-0.2, -0.15) is 0 Å². The third kappa shape index (κ3) is 62.0. The highest BCUT2D eigenvalue weighted by Gasteiger charge is 2.19. The lowest BCUT2D eigenvalue weighted by atomic mass is 10.0. The predicted octanol–water partition coefficient (Wildman–Crippen LogP) is 22.7. The summed E-state index contributed by atoms with van der Waals surface area (Å²) in [6.07, 6.45) is 82.8. The van der Waals surface area contributed by atoms with E-state index in [0.717, 1.165) is 89.9 Å². The minimum atomic E-state index is -0.785. The molecule has 0 spiro atoms. The second-order valence-electron chi connectivity index (χ2n) is 22.4. The SMILES string of the molecule is CC/C=C\C/C=C\C/C=C\CCCCCC(=O)OC(COC(=O)CCCCCCCCCCCC)COC(=O)CCCCCCCCCCCCCCCCCCCCCCCCC/C=C\C/C=C\CCCCCCC. The molecular formula is C70H126O6. The van der Waals surface area contributed by atoms with Gasteiger partial charge in [0.2, 0.25) is 0 Å². The van der Waals surface area contributed by atoms with Crippen LogP contribution in [0.25, 0.3) is 0 Å². The summed E-state index contributed by atoms with van der Waals surface area (Å²) in [6, 6.07) is 0. The monoisotopic (exact) mass is 1060 g/mol. The van der Waals surface area contributed by atoms with Crippen LogP contribution < -0.4 is 0 Å². The summed E-state index contributed by atoms with van der Waals surface area (Å²) in [5.74, 6) is -0.897. The van der Waals surface area contributed by atoms with E-state index >= 15 is 0 Å². The predicted molar refractivity (Wildman–Crippen MR) is 330 cm³/mol. The van der Waals surface area contributed by atoms with Crippen LogP contribution in [0.3, 0.4) is 0 Å². The van der Waals surface area contributed by atoms with Gasteiger partial charge in [0.25, 0.3) is 0 Å². The number of unbranched alkanes of at least 4 members (excludes halogenated alkanes) is 40. The molecule has 0 rings (SSSR count). The Morgan fingerprint density at radius 1 is 0.276 bits per heavy atom. The first-order chi connectivity index (χ1) is 37.5. The maximum absolute atomic E-state index is 12.8. The first kappa shape index (κ1) is 73.1. The molecule has 442 valence electrons. The highest BCUT2D eigenvalue weighted by atomic mass is 16.6. The number of ether oxygens (including phenoxy) is 3. The zero-order valence-electron chi connectivity index (χ0n) is 50.8. The quantitative estimate of drug-likeness (QED) is 0.0261. The Kier molecular flexibility index (Phi) is 62.2. The summed E-state index contributed by atoms with van der Waals surface area (Å²) in [4.78, 5) is 38.1. The molecule has 0 fully saturated rings. The molecule has 6 heteroatoms. The molecule has 6 nitrogen and oxygen atoms in total. The summed E-state index contributed by atoms with van der Waals surface area (Å²) in [6.45, 7) is 6.51. The van der Waals surface area contributed by atoms with Crippen LogP contribution in [-0.2, 0) is 28.6 Å². The van der Waals surface area contributed by atoms with Gasteiger partial charge in [-0.3, -0.25) is 14.4 Å². The third-order valence-electron chi connectivity index (χ3n) is 14.8. The standard InChI is InChI=1S/C70H126O6/c1-4-7-10-13-16-19-22-24-25-26-27-28-29-30-31-32-33-34-35-36-37-38-39-40-41-42-43-44-45-47-48-51-54-57-60-63-69(72)75-66-67(65-74-68(71)62-59-56-53-50-21-18-15-12-9-6-3)76-70(73)64-61-58-55-52-49-46-23-20-17-14-11-8-5-2/h8,11,17,20,22,24,26-27,46,49,67H,4-7,9-10,12-16,18-19,21,23,25,28-45,47-48,50-66H2,1-3H3/b11-8-,20-17-,24-22-,27-26-,49-46-. The van der Waals surface area contributed by atoms with Crippen molar-refractivity contribution >= 4 is 17.9 Å². The summed E-state index contributed by atoms with van der Waals surface area (Å²) >= 11 is 0. The maximum Gasteiger partial charge on any atom is 0.306 e. The largest absolute Gasteiger partial charge is 0.462 e. The fourth-order valence-electron chi connectivity index (χ4n) is 9.79. The van der Waals surface area contributed by atoms with Crippen LogP contribution in [0.2, 0.25) is 0 Å². The van der Waals surface area contributed by atoms with Gasteiger partial charge in [0, 0.05) is 19.3 Å². The van der Waals surface area contributed by atoms with E-state index in [1.807, 2.05) is 0 Å². The topological polar surface area (TPSA) is 78.9 Å². The second kappa shape index (κ2) is 64.6. The van der Waals surface area contributed by atoms with E-state index in [2.05, 4.69) is 81.5 Å². The number of esters is 3. The lowest BCUT2D eigenvalue weighted by molar-refractivity contribution is -0.167. The smallest absolute Gasteiger partial charge is 0.306 e. The van der Waals surface area contributed by atoms with Crippen LogP contribution in [0, 0.1) is 0 Å². The third-order valence-corrected chi connectivity index (χ3v) is 14.8. The molecule has 0 radical (unpaired) electrons. The van der Waals surface area contributed by atoms with Crippen LogP contribution >= 0.6 is 0 Å². The van der Waals surface area contributed by atoms with E-state index in [1.165, 1.54) is 218 Å². The first-order valence-electron chi connectivity index (χ1n) is 33.3. The summed E-state index contributed by atoms with van der Waals surface area (Å²) in [5.41, 5.74) is 0. The Bertz CT molecular complexity index is 1360. The van der Waals surface area contributed by atoms with Gasteiger partial charge in [-0.15, -0.1) is 0 Å². The van der Waals surface area contributed by atoms with E-state index in [0.29, 0.717) is 19.3 Å². The van der Waals surface area contributed by atoms with Crippen molar-refractivity contribution in [1.29, 1.82) is 0 Å². The summed E-state index contributed by atoms with van der Waals surface area (Å²) < 4.78 is 16.8. The Morgan fingerprint density at radius 3 is 0.816 bits per heavy atom. The summed E-state index contributed by atoms with van der Waals surface area (Å²) in [7, 11) is 0. The Balaban J connectivity index is 3.99. The van der Waals surface area contributed by atoms with E-state index in [-0.39, 0.29) is 31.1 Å². The minimum absolute atomic E-state index is 0.0815. The highest BCUT2D eigenvalue weighted by Crippen LogP contribution is 2.18. The van der Waals surface area contributed by atoms with Crippen LogP contribution in [0.1, 0.15) is 348 Å². The highest BCUT2D eigenvalue weighted by molar-refractivity contribution is 5.71. The van der Waals surface area contributed by atoms with Gasteiger partial charge in [-0.05, 0) is 83.5 Å². The molecule has 0 aliphatic carbocycles. The number of rotatable bonds is 61. The molecule has 0 heterocycles. The molecule has 0 aromatic carbocycles. The molecule has 76 heavy (non-hydrogen) atoms. The van der Waals surface area contributed by atoms with Crippen molar-refractivity contribution in [3.8, 4) is 0 Å². The Labute approximate surface area is 472 Å². The molecule has 0 bridgehead atoms. The molecule has 0 aromatic heterocycles. The molecule has 0 saturated heterocycles. The van der Waals surface area contributed by atoms with E-state index in [9.17, 15) is 14.4 Å². The van der Waals surface area contributed by atoms with Crippen molar-refractivity contribution in [2.45, 2.75) is 354 Å². The van der Waals surface area contributed by atoms with Crippen molar-refractivity contribution < 1.29 is 28.6 Å². The van der Waals surface area contributed by atoms with Crippen LogP contribution in [0.5, 0.6) is 0 Å². The van der Waals surface area contributed by atoms with Crippen molar-refractivity contribution in [1.82, 2.24) is 0 Å². The molecule has 1 unspecified atom stereocenters. The van der Waals surface area contributed by atoms with Gasteiger partial charge in [0.15, 0.2) is 6.10 Å². The van der Waals surface area contributed by atoms with Crippen LogP contribution in [0.15, 0.2) is 60.8 Å². The molecule has 0 saturated carbocycles. The van der Waals surface area contributed by atoms with E-state index in [1.54, 1.807) is 0 Å². The Morgan fingerprint density at radius 2 is 0.513 bits per heavy atom. The maximum atomic E-state index is 12.8. The summed E-state index contributed by atoms with van der Waals surface area (Å²) in [5, 5.41) is 0. The molecule has 0 aliphatic rings.